The van der Waals surface area contributed by atoms with E-state index in [0.29, 0.717) is 22.1 Å². The summed E-state index contributed by atoms with van der Waals surface area (Å²) in [5.41, 5.74) is 1.21. The zero-order chi connectivity index (χ0) is 24.2. The summed E-state index contributed by atoms with van der Waals surface area (Å²) >= 11 is 1.36. The molecular formula is C24H26N2O6S. The molecule has 33 heavy (non-hydrogen) atoms. The molecule has 0 radical (unpaired) electrons. The van der Waals surface area contributed by atoms with Crippen molar-refractivity contribution in [1.29, 1.82) is 0 Å². The Morgan fingerprint density at radius 3 is 2.45 bits per heavy atom. The van der Waals surface area contributed by atoms with E-state index in [2.05, 4.69) is 5.32 Å². The van der Waals surface area contributed by atoms with Gasteiger partial charge in [0.15, 0.2) is 6.61 Å². The fraction of sp³-hybridized carbons (Fsp3) is 0.250. The second kappa shape index (κ2) is 13.1. The van der Waals surface area contributed by atoms with Crippen LogP contribution in [0.5, 0.6) is 5.75 Å². The van der Waals surface area contributed by atoms with E-state index in [4.69, 9.17) is 9.47 Å². The molecule has 0 heterocycles. The van der Waals surface area contributed by atoms with Gasteiger partial charge in [0.2, 0.25) is 6.41 Å². The van der Waals surface area contributed by atoms with Gasteiger partial charge in [-0.1, -0.05) is 43.0 Å². The number of methoxy groups -OCH3 is 1. The highest BCUT2D eigenvalue weighted by molar-refractivity contribution is 8.03. The Bertz CT molecular complexity index is 1020. The van der Waals surface area contributed by atoms with E-state index in [0.717, 1.165) is 10.5 Å². The molecule has 2 aromatic carbocycles. The third-order valence-corrected chi connectivity index (χ3v) is 5.65. The lowest BCUT2D eigenvalue weighted by molar-refractivity contribution is -0.149. The molecule has 174 valence electrons. The van der Waals surface area contributed by atoms with Crippen molar-refractivity contribution in [2.24, 2.45) is 0 Å². The van der Waals surface area contributed by atoms with E-state index in [1.54, 1.807) is 25.3 Å². The number of ether oxygens (including phenoxy) is 2. The van der Waals surface area contributed by atoms with Crippen LogP contribution in [0, 0.1) is 0 Å². The molecule has 0 atom stereocenters. The Labute approximate surface area is 196 Å². The molecule has 0 aliphatic carbocycles. The first kappa shape index (κ1) is 25.7. The highest BCUT2D eigenvalue weighted by atomic mass is 32.2. The van der Waals surface area contributed by atoms with Crippen molar-refractivity contribution in [1.82, 2.24) is 10.2 Å². The van der Waals surface area contributed by atoms with Crippen LogP contribution in [0.3, 0.4) is 0 Å². The lowest BCUT2D eigenvalue weighted by Gasteiger charge is -2.16. The molecule has 0 aliphatic heterocycles. The first-order valence-corrected chi connectivity index (χ1v) is 11.0. The smallest absolute Gasteiger partial charge is 0.326 e. The van der Waals surface area contributed by atoms with Crippen LogP contribution in [0.15, 0.2) is 70.1 Å². The number of hydrogen-bond acceptors (Lipinski definition) is 7. The number of thioether (sulfide) groups is 1. The van der Waals surface area contributed by atoms with Gasteiger partial charge in [-0.2, -0.15) is 0 Å². The van der Waals surface area contributed by atoms with Crippen LogP contribution in [0.1, 0.15) is 30.6 Å². The van der Waals surface area contributed by atoms with Crippen LogP contribution in [-0.4, -0.2) is 49.4 Å². The fourth-order valence-corrected chi connectivity index (χ4v) is 3.60. The normalized spacial score (nSPS) is 11.1. The van der Waals surface area contributed by atoms with Gasteiger partial charge >= 0.3 is 5.97 Å². The van der Waals surface area contributed by atoms with Crippen LogP contribution in [-0.2, 0) is 19.1 Å². The van der Waals surface area contributed by atoms with Crippen LogP contribution in [0.25, 0.3) is 0 Å². The Balaban J connectivity index is 1.93. The molecule has 0 spiro atoms. The number of imide groups is 1. The molecule has 0 saturated carbocycles. The van der Waals surface area contributed by atoms with Gasteiger partial charge in [0.05, 0.1) is 12.1 Å². The van der Waals surface area contributed by atoms with Gasteiger partial charge in [0, 0.05) is 10.5 Å². The van der Waals surface area contributed by atoms with Gasteiger partial charge in [-0.05, 0) is 49.2 Å². The van der Waals surface area contributed by atoms with Gasteiger partial charge in [-0.25, -0.2) is 0 Å². The molecule has 0 aromatic heterocycles. The molecule has 0 saturated heterocycles. The van der Waals surface area contributed by atoms with Crippen molar-refractivity contribution < 1.29 is 28.7 Å². The fourth-order valence-electron chi connectivity index (χ4n) is 2.56. The predicted molar refractivity (Wildman–Crippen MR) is 124 cm³/mol. The number of carbonyl (C=O) groups excluding carboxylic acids is 4. The summed E-state index contributed by atoms with van der Waals surface area (Å²) in [6.07, 6.45) is 0.967. The first-order chi connectivity index (χ1) is 15.9. The summed E-state index contributed by atoms with van der Waals surface area (Å²) in [5.74, 6) is -1.35. The summed E-state index contributed by atoms with van der Waals surface area (Å²) in [6.45, 7) is 2.71. The van der Waals surface area contributed by atoms with Crippen molar-refractivity contribution in [3.8, 4) is 5.75 Å². The van der Waals surface area contributed by atoms with Crippen molar-refractivity contribution in [3.05, 3.63) is 70.8 Å². The third-order valence-electron chi connectivity index (χ3n) is 4.50. The average Bonchev–Trinajstić information content (AvgIpc) is 2.85. The second-order valence-corrected chi connectivity index (χ2v) is 7.94. The molecule has 1 N–H and O–H groups in total. The van der Waals surface area contributed by atoms with Gasteiger partial charge in [-0.3, -0.25) is 24.1 Å². The van der Waals surface area contributed by atoms with Gasteiger partial charge in [0.25, 0.3) is 11.8 Å². The minimum Gasteiger partial charge on any atom is -0.497 e. The molecule has 8 nitrogen and oxygen atoms in total. The SMILES string of the molecule is CC/C(C)=C(\NC(=O)COC(=O)CN(C=O)C(=O)c1ccccc1)Sc1cccc(OC)c1. The van der Waals surface area contributed by atoms with Crippen LogP contribution < -0.4 is 10.1 Å². The van der Waals surface area contributed by atoms with Crippen molar-refractivity contribution in [3.63, 3.8) is 0 Å². The molecule has 2 rings (SSSR count). The van der Waals surface area contributed by atoms with Crippen LogP contribution in [0.2, 0.25) is 0 Å². The minimum absolute atomic E-state index is 0.257. The number of hydrogen-bond donors (Lipinski definition) is 1. The van der Waals surface area contributed by atoms with E-state index in [1.165, 1.54) is 23.9 Å². The third kappa shape index (κ3) is 8.12. The summed E-state index contributed by atoms with van der Waals surface area (Å²) < 4.78 is 10.2. The number of esters is 1. The Kier molecular flexibility index (Phi) is 10.2. The molecule has 0 aliphatic rings. The van der Waals surface area contributed by atoms with E-state index in [-0.39, 0.29) is 12.0 Å². The van der Waals surface area contributed by atoms with Gasteiger partial charge in [0.1, 0.15) is 12.3 Å². The summed E-state index contributed by atoms with van der Waals surface area (Å²) in [7, 11) is 1.58. The lowest BCUT2D eigenvalue weighted by Crippen LogP contribution is -2.36. The van der Waals surface area contributed by atoms with E-state index in [1.807, 2.05) is 38.1 Å². The number of carbonyl (C=O) groups is 4. The molecule has 3 amide bonds. The zero-order valence-corrected chi connectivity index (χ0v) is 19.5. The first-order valence-electron chi connectivity index (χ1n) is 10.2. The van der Waals surface area contributed by atoms with Gasteiger partial charge in [-0.15, -0.1) is 0 Å². The Morgan fingerprint density at radius 2 is 1.82 bits per heavy atom. The largest absolute Gasteiger partial charge is 0.497 e. The Morgan fingerprint density at radius 1 is 1.09 bits per heavy atom. The van der Waals surface area contributed by atoms with Crippen LogP contribution in [0.4, 0.5) is 0 Å². The molecule has 0 fully saturated rings. The number of rotatable bonds is 11. The summed E-state index contributed by atoms with van der Waals surface area (Å²) in [5, 5.41) is 3.39. The van der Waals surface area contributed by atoms with E-state index >= 15 is 0 Å². The highest BCUT2D eigenvalue weighted by Gasteiger charge is 2.20. The number of allylic oxidation sites excluding steroid dienone is 1. The zero-order valence-electron chi connectivity index (χ0n) is 18.7. The van der Waals surface area contributed by atoms with Crippen molar-refractivity contribution in [2.45, 2.75) is 25.2 Å². The Hall–Kier alpha value is -3.59. The standard InChI is InChI=1S/C24H26N2O6S/c1-4-17(2)23(33-20-12-8-11-19(13-20)31-3)25-21(28)15-32-22(29)14-26(16-27)24(30)18-9-6-5-7-10-18/h5-13,16H,4,14-15H2,1-3H3,(H,25,28)/b23-17+. The number of nitrogens with one attached hydrogen (secondary N) is 1. The quantitative estimate of drug-likeness (QED) is 0.305. The maximum atomic E-state index is 12.4. The second-order valence-electron chi connectivity index (χ2n) is 6.86. The maximum Gasteiger partial charge on any atom is 0.326 e. The van der Waals surface area contributed by atoms with Crippen molar-refractivity contribution in [2.75, 3.05) is 20.3 Å². The molecule has 0 unspecified atom stereocenters. The van der Waals surface area contributed by atoms with E-state index < -0.39 is 30.9 Å². The number of amides is 3. The van der Waals surface area contributed by atoms with Crippen LogP contribution >= 0.6 is 11.8 Å². The molecule has 0 bridgehead atoms. The minimum atomic E-state index is -0.875. The molecule has 9 heteroatoms. The average molecular weight is 471 g/mol. The van der Waals surface area contributed by atoms with Gasteiger partial charge < -0.3 is 14.8 Å². The maximum absolute atomic E-state index is 12.4. The molecular weight excluding hydrogens is 444 g/mol. The molecule has 2 aromatic rings. The summed E-state index contributed by atoms with van der Waals surface area (Å²) in [6, 6.07) is 15.5. The number of nitrogens with zero attached hydrogens (tertiary/aromatic N) is 1. The highest BCUT2D eigenvalue weighted by Crippen LogP contribution is 2.30. The van der Waals surface area contributed by atoms with Crippen molar-refractivity contribution >= 4 is 36.0 Å². The topological polar surface area (TPSA) is 102 Å². The van der Waals surface area contributed by atoms with E-state index in [9.17, 15) is 19.2 Å². The monoisotopic (exact) mass is 470 g/mol. The summed E-state index contributed by atoms with van der Waals surface area (Å²) in [4.78, 5) is 49.6. The number of benzene rings is 2. The lowest BCUT2D eigenvalue weighted by atomic mass is 10.2. The predicted octanol–water partition coefficient (Wildman–Crippen LogP) is 3.39.